The maximum Gasteiger partial charge on any atom is 0.446 e. The lowest BCUT2D eigenvalue weighted by atomic mass is 10.2. The normalized spacial score (nSPS) is 14.1. The zero-order valence-electron chi connectivity index (χ0n) is 16.0. The number of guanidine groups is 1. The van der Waals surface area contributed by atoms with Crippen molar-refractivity contribution in [1.82, 2.24) is 25.4 Å². The van der Waals surface area contributed by atoms with E-state index < -0.39 is 11.6 Å². The number of aryl methyl sites for hydroxylation is 1. The number of carbonyl (C=O) groups excluding carboxylic acids is 1. The number of hydrogen-bond donors (Lipinski definition) is 2. The van der Waals surface area contributed by atoms with Crippen LogP contribution >= 0.6 is 15.9 Å². The highest BCUT2D eigenvalue weighted by molar-refractivity contribution is 9.10. The fourth-order valence-electron chi connectivity index (χ4n) is 2.85. The summed E-state index contributed by atoms with van der Waals surface area (Å²) in [6, 6.07) is 4.02. The van der Waals surface area contributed by atoms with Gasteiger partial charge in [0.2, 0.25) is 11.7 Å². The van der Waals surface area contributed by atoms with Crippen LogP contribution in [0.5, 0.6) is 0 Å². The van der Waals surface area contributed by atoms with E-state index >= 15 is 0 Å². The van der Waals surface area contributed by atoms with Crippen molar-refractivity contribution < 1.29 is 18.3 Å². The summed E-state index contributed by atoms with van der Waals surface area (Å²) in [6.45, 7) is 0.333. The number of nitrogens with two attached hydrogens (primary N) is 1. The monoisotopic (exact) mass is 493 g/mol. The summed E-state index contributed by atoms with van der Waals surface area (Å²) in [4.78, 5) is 28.0. The first-order valence-electron chi connectivity index (χ1n) is 9.40. The van der Waals surface area contributed by atoms with Crippen molar-refractivity contribution in [2.24, 2.45) is 16.6 Å². The van der Waals surface area contributed by atoms with Crippen LogP contribution in [0.2, 0.25) is 0 Å². The van der Waals surface area contributed by atoms with Gasteiger partial charge in [0.15, 0.2) is 11.7 Å². The molecule has 1 aromatic carbocycles. The highest BCUT2D eigenvalue weighted by Gasteiger charge is 2.29. The quantitative estimate of drug-likeness (QED) is 0.285. The smallest absolute Gasteiger partial charge is 0.370 e. The summed E-state index contributed by atoms with van der Waals surface area (Å²) in [7, 11) is 0. The molecule has 2 aromatic heterocycles. The van der Waals surface area contributed by atoms with Crippen molar-refractivity contribution in [3.63, 3.8) is 0 Å². The first-order chi connectivity index (χ1) is 14.9. The van der Waals surface area contributed by atoms with E-state index in [1.165, 1.54) is 18.2 Å². The second kappa shape index (κ2) is 8.79. The third-order valence-electron chi connectivity index (χ3n) is 4.59. The van der Waals surface area contributed by atoms with Crippen LogP contribution < -0.4 is 16.8 Å². The number of aromatic nitrogens is 4. The lowest BCUT2D eigenvalue weighted by Crippen LogP contribution is -2.37. The van der Waals surface area contributed by atoms with Crippen LogP contribution in [0.4, 0.5) is 4.39 Å². The van der Waals surface area contributed by atoms with E-state index in [-0.39, 0.29) is 33.8 Å². The van der Waals surface area contributed by atoms with Crippen molar-refractivity contribution in [2.75, 3.05) is 6.54 Å². The summed E-state index contributed by atoms with van der Waals surface area (Å²) in [5, 5.41) is 14.0. The summed E-state index contributed by atoms with van der Waals surface area (Å²) >= 11 is 3.09. The van der Waals surface area contributed by atoms with Crippen LogP contribution in [0, 0.1) is 11.7 Å². The Hall–Kier alpha value is -3.35. The molecule has 1 aliphatic rings. The zero-order valence-corrected chi connectivity index (χ0v) is 17.6. The van der Waals surface area contributed by atoms with Crippen LogP contribution in [-0.4, -0.2) is 38.4 Å². The predicted molar refractivity (Wildman–Crippen MR) is 109 cm³/mol. The Morgan fingerprint density at radius 3 is 2.90 bits per heavy atom. The van der Waals surface area contributed by atoms with Gasteiger partial charge in [-0.15, -0.1) is 0 Å². The highest BCUT2D eigenvalue weighted by atomic mass is 79.9. The van der Waals surface area contributed by atoms with Gasteiger partial charge in [-0.1, -0.05) is 10.3 Å². The molecule has 13 heteroatoms. The van der Waals surface area contributed by atoms with Gasteiger partial charge in [0, 0.05) is 12.5 Å². The molecule has 4 rings (SSSR count). The molecular formula is C18H17BrFN7O4. The summed E-state index contributed by atoms with van der Waals surface area (Å²) in [5.74, 6) is -1.18. The van der Waals surface area contributed by atoms with Crippen LogP contribution in [0.1, 0.15) is 25.0 Å². The number of nitrogens with one attached hydrogen (secondary N) is 1. The van der Waals surface area contributed by atoms with E-state index in [1.54, 1.807) is 0 Å². The van der Waals surface area contributed by atoms with Gasteiger partial charge in [0.05, 0.1) is 10.2 Å². The Kier molecular flexibility index (Phi) is 5.93. The SMILES string of the molecule is NC(=NCCCc1nonc1-c1noc(=O)n1-c1ccc(F)c(Br)c1)NC(=O)C1CC1. The Labute approximate surface area is 182 Å². The number of benzene rings is 1. The summed E-state index contributed by atoms with van der Waals surface area (Å²) in [6.07, 6.45) is 2.66. The van der Waals surface area contributed by atoms with E-state index in [0.717, 1.165) is 17.4 Å². The Balaban J connectivity index is 1.47. The van der Waals surface area contributed by atoms with Gasteiger partial charge in [-0.2, -0.15) is 0 Å². The number of halogens is 2. The lowest BCUT2D eigenvalue weighted by Gasteiger charge is -2.05. The van der Waals surface area contributed by atoms with Crippen LogP contribution in [0.25, 0.3) is 17.2 Å². The van der Waals surface area contributed by atoms with E-state index in [2.05, 4.69) is 41.7 Å². The van der Waals surface area contributed by atoms with Gasteiger partial charge < -0.3 is 5.73 Å². The zero-order chi connectivity index (χ0) is 22.0. The number of amides is 1. The molecule has 1 aliphatic carbocycles. The largest absolute Gasteiger partial charge is 0.446 e. The first kappa shape index (κ1) is 20.9. The number of carbonyl (C=O) groups is 1. The average Bonchev–Trinajstić information content (AvgIpc) is 3.38. The molecule has 3 aromatic rings. The van der Waals surface area contributed by atoms with Gasteiger partial charge in [0.25, 0.3) is 0 Å². The molecule has 1 fully saturated rings. The molecule has 0 aliphatic heterocycles. The maximum absolute atomic E-state index is 13.6. The van der Waals surface area contributed by atoms with Gasteiger partial charge >= 0.3 is 5.76 Å². The van der Waals surface area contributed by atoms with Gasteiger partial charge in [-0.05, 0) is 65.0 Å². The van der Waals surface area contributed by atoms with Crippen molar-refractivity contribution in [1.29, 1.82) is 0 Å². The summed E-state index contributed by atoms with van der Waals surface area (Å²) in [5.41, 5.74) is 6.68. The number of aliphatic imine (C=N–C) groups is 1. The number of rotatable bonds is 7. The molecule has 162 valence electrons. The second-order valence-electron chi connectivity index (χ2n) is 6.90. The Morgan fingerprint density at radius 2 is 2.16 bits per heavy atom. The fraction of sp³-hybridized carbons (Fsp3) is 0.333. The molecule has 0 saturated heterocycles. The molecule has 11 nitrogen and oxygen atoms in total. The Morgan fingerprint density at radius 1 is 1.35 bits per heavy atom. The molecule has 2 heterocycles. The third-order valence-corrected chi connectivity index (χ3v) is 5.20. The molecule has 1 saturated carbocycles. The molecule has 0 bridgehead atoms. The molecule has 0 spiro atoms. The van der Waals surface area contributed by atoms with Crippen molar-refractivity contribution >= 4 is 27.8 Å². The fourth-order valence-corrected chi connectivity index (χ4v) is 3.22. The van der Waals surface area contributed by atoms with Gasteiger partial charge in [-0.25, -0.2) is 18.4 Å². The molecule has 0 radical (unpaired) electrons. The van der Waals surface area contributed by atoms with E-state index in [1.807, 2.05) is 0 Å². The number of hydrogen-bond acceptors (Lipinski definition) is 8. The van der Waals surface area contributed by atoms with Gasteiger partial charge in [-0.3, -0.25) is 19.6 Å². The Bertz CT molecular complexity index is 1200. The topological polar surface area (TPSA) is 154 Å². The molecular weight excluding hydrogens is 477 g/mol. The maximum atomic E-state index is 13.6. The second-order valence-corrected chi connectivity index (χ2v) is 7.75. The molecule has 0 unspecified atom stereocenters. The minimum Gasteiger partial charge on any atom is -0.370 e. The molecule has 0 atom stereocenters. The van der Waals surface area contributed by atoms with E-state index in [9.17, 15) is 14.0 Å². The van der Waals surface area contributed by atoms with Crippen molar-refractivity contribution in [3.8, 4) is 17.2 Å². The van der Waals surface area contributed by atoms with Crippen LogP contribution in [-0.2, 0) is 11.2 Å². The first-order valence-corrected chi connectivity index (χ1v) is 10.2. The van der Waals surface area contributed by atoms with Crippen LogP contribution in [0.3, 0.4) is 0 Å². The van der Waals surface area contributed by atoms with E-state index in [4.69, 9.17) is 14.9 Å². The molecule has 31 heavy (non-hydrogen) atoms. The minimum atomic E-state index is -0.772. The van der Waals surface area contributed by atoms with Crippen molar-refractivity contribution in [3.05, 3.63) is 44.7 Å². The number of nitrogens with zero attached hydrogens (tertiary/aromatic N) is 5. The lowest BCUT2D eigenvalue weighted by molar-refractivity contribution is -0.120. The summed E-state index contributed by atoms with van der Waals surface area (Å²) < 4.78 is 24.5. The van der Waals surface area contributed by atoms with Crippen LogP contribution in [0.15, 0.2) is 41.6 Å². The average molecular weight is 494 g/mol. The van der Waals surface area contributed by atoms with Gasteiger partial charge in [0.1, 0.15) is 11.5 Å². The molecule has 1 amide bonds. The highest BCUT2D eigenvalue weighted by Crippen LogP contribution is 2.28. The van der Waals surface area contributed by atoms with E-state index in [0.29, 0.717) is 30.8 Å². The molecule has 3 N–H and O–H groups in total. The van der Waals surface area contributed by atoms with Crippen molar-refractivity contribution in [2.45, 2.75) is 25.7 Å². The minimum absolute atomic E-state index is 0.0410. The third kappa shape index (κ3) is 4.71. The predicted octanol–water partition coefficient (Wildman–Crippen LogP) is 1.55. The standard InChI is InChI=1S/C18H17BrFN7O4/c19-11-8-10(5-6-12(11)20)27-15(26-30-18(27)29)14-13(24-31-25-14)2-1-7-22-17(21)23-16(28)9-3-4-9/h5-6,8-9H,1-4,7H2,(H3,21,22,23,28).